The van der Waals surface area contributed by atoms with E-state index in [2.05, 4.69) is 0 Å². The van der Waals surface area contributed by atoms with Crippen molar-refractivity contribution in [1.82, 2.24) is 4.90 Å². The maximum absolute atomic E-state index is 12.7. The molecule has 6 heteroatoms. The lowest BCUT2D eigenvalue weighted by molar-refractivity contribution is -0.134. The summed E-state index contributed by atoms with van der Waals surface area (Å²) in [6.45, 7) is 1.17. The molecule has 1 aromatic carbocycles. The molecule has 0 spiro atoms. The van der Waals surface area contributed by atoms with Crippen LogP contribution in [0.15, 0.2) is 24.3 Å². The van der Waals surface area contributed by atoms with Crippen molar-refractivity contribution in [3.8, 4) is 5.75 Å². The second kappa shape index (κ2) is 8.96. The lowest BCUT2D eigenvalue weighted by atomic mass is 10.1. The van der Waals surface area contributed by atoms with Gasteiger partial charge in [-0.05, 0) is 49.9 Å². The van der Waals surface area contributed by atoms with Crippen LogP contribution in [0.25, 0.3) is 0 Å². The Labute approximate surface area is 137 Å². The van der Waals surface area contributed by atoms with E-state index in [1.54, 1.807) is 17.0 Å². The number of amides is 1. The van der Waals surface area contributed by atoms with Crippen LogP contribution in [-0.2, 0) is 4.79 Å². The van der Waals surface area contributed by atoms with Gasteiger partial charge in [0.15, 0.2) is 0 Å². The number of rotatable bonds is 6. The Balaban J connectivity index is 0.00000242. The van der Waals surface area contributed by atoms with E-state index in [9.17, 15) is 9.18 Å². The van der Waals surface area contributed by atoms with Gasteiger partial charge in [-0.3, -0.25) is 4.79 Å². The number of nitrogens with zero attached hydrogens (tertiary/aromatic N) is 1. The van der Waals surface area contributed by atoms with E-state index >= 15 is 0 Å². The molecular formula is C16H24ClFN2O2. The van der Waals surface area contributed by atoms with E-state index in [0.717, 1.165) is 25.7 Å². The van der Waals surface area contributed by atoms with E-state index in [4.69, 9.17) is 10.5 Å². The van der Waals surface area contributed by atoms with Gasteiger partial charge in [-0.15, -0.1) is 12.4 Å². The average Bonchev–Trinajstić information content (AvgIpc) is 2.91. The van der Waals surface area contributed by atoms with Crippen LogP contribution < -0.4 is 10.5 Å². The normalized spacial score (nSPS) is 20.3. The van der Waals surface area contributed by atoms with E-state index in [1.807, 2.05) is 7.05 Å². The number of hydrogen-bond donors (Lipinski definition) is 1. The first-order valence-electron chi connectivity index (χ1n) is 7.45. The van der Waals surface area contributed by atoms with Crippen LogP contribution in [0.5, 0.6) is 5.75 Å². The largest absolute Gasteiger partial charge is 0.494 e. The molecule has 0 radical (unpaired) electrons. The monoisotopic (exact) mass is 330 g/mol. The molecule has 0 saturated heterocycles. The number of hydrogen-bond acceptors (Lipinski definition) is 3. The van der Waals surface area contributed by atoms with Gasteiger partial charge in [-0.1, -0.05) is 0 Å². The van der Waals surface area contributed by atoms with Crippen LogP contribution >= 0.6 is 12.4 Å². The first kappa shape index (κ1) is 18.7. The molecule has 1 saturated carbocycles. The molecule has 1 aliphatic rings. The Morgan fingerprint density at radius 3 is 2.64 bits per heavy atom. The van der Waals surface area contributed by atoms with Gasteiger partial charge in [0, 0.05) is 25.6 Å². The van der Waals surface area contributed by atoms with Gasteiger partial charge in [0.2, 0.25) is 5.91 Å². The number of halogens is 2. The van der Waals surface area contributed by atoms with Crippen molar-refractivity contribution < 1.29 is 13.9 Å². The molecule has 1 amide bonds. The third-order valence-corrected chi connectivity index (χ3v) is 3.92. The maximum atomic E-state index is 12.7. The molecule has 1 fully saturated rings. The van der Waals surface area contributed by atoms with Crippen molar-refractivity contribution >= 4 is 18.3 Å². The predicted octanol–water partition coefficient (Wildman–Crippen LogP) is 2.60. The summed E-state index contributed by atoms with van der Waals surface area (Å²) in [4.78, 5) is 13.9. The quantitative estimate of drug-likeness (QED) is 0.816. The first-order chi connectivity index (χ1) is 10.1. The van der Waals surface area contributed by atoms with Crippen LogP contribution in [0, 0.1) is 11.7 Å². The second-order valence-electron chi connectivity index (χ2n) is 5.69. The summed E-state index contributed by atoms with van der Waals surface area (Å²) in [5.41, 5.74) is 5.84. The van der Waals surface area contributed by atoms with Crippen LogP contribution in [-0.4, -0.2) is 37.0 Å². The molecule has 4 nitrogen and oxygen atoms in total. The van der Waals surface area contributed by atoms with E-state index in [1.165, 1.54) is 12.1 Å². The number of nitrogens with two attached hydrogens (primary N) is 1. The summed E-state index contributed by atoms with van der Waals surface area (Å²) in [5, 5.41) is 0. The summed E-state index contributed by atoms with van der Waals surface area (Å²) >= 11 is 0. The highest BCUT2D eigenvalue weighted by atomic mass is 35.5. The topological polar surface area (TPSA) is 55.6 Å². The van der Waals surface area contributed by atoms with Gasteiger partial charge in [-0.25, -0.2) is 4.39 Å². The van der Waals surface area contributed by atoms with Crippen molar-refractivity contribution in [2.75, 3.05) is 20.2 Å². The van der Waals surface area contributed by atoms with Gasteiger partial charge in [0.1, 0.15) is 11.6 Å². The molecule has 0 aromatic heterocycles. The van der Waals surface area contributed by atoms with Crippen LogP contribution in [0.1, 0.15) is 25.7 Å². The Morgan fingerprint density at radius 2 is 2.05 bits per heavy atom. The average molecular weight is 331 g/mol. The lowest BCUT2D eigenvalue weighted by Gasteiger charge is -2.21. The van der Waals surface area contributed by atoms with E-state index < -0.39 is 0 Å². The Morgan fingerprint density at radius 1 is 1.36 bits per heavy atom. The highest BCUT2D eigenvalue weighted by Crippen LogP contribution is 2.25. The summed E-state index contributed by atoms with van der Waals surface area (Å²) in [5.74, 6) is 0.641. The number of carbonyl (C=O) groups is 1. The highest BCUT2D eigenvalue weighted by Gasteiger charge is 2.29. The molecule has 0 aliphatic heterocycles. The smallest absolute Gasteiger partial charge is 0.225 e. The van der Waals surface area contributed by atoms with Crippen LogP contribution in [0.4, 0.5) is 4.39 Å². The van der Waals surface area contributed by atoms with E-state index in [0.29, 0.717) is 18.9 Å². The molecule has 22 heavy (non-hydrogen) atoms. The van der Waals surface area contributed by atoms with Gasteiger partial charge in [0.25, 0.3) is 0 Å². The fraction of sp³-hybridized carbons (Fsp3) is 0.562. The zero-order chi connectivity index (χ0) is 15.2. The molecule has 2 rings (SSSR count). The van der Waals surface area contributed by atoms with Crippen molar-refractivity contribution in [1.29, 1.82) is 0 Å². The SMILES string of the molecule is CN(CCCOc1ccc(F)cc1)C(=O)C1CCC(N)C1.Cl. The third-order valence-electron chi connectivity index (χ3n) is 3.92. The maximum Gasteiger partial charge on any atom is 0.225 e. The molecule has 1 aromatic rings. The van der Waals surface area contributed by atoms with Gasteiger partial charge >= 0.3 is 0 Å². The predicted molar refractivity (Wildman–Crippen MR) is 86.7 cm³/mol. The number of ether oxygens (including phenoxy) is 1. The fourth-order valence-corrected chi connectivity index (χ4v) is 2.69. The summed E-state index contributed by atoms with van der Waals surface area (Å²) in [7, 11) is 1.82. The fourth-order valence-electron chi connectivity index (χ4n) is 2.69. The minimum Gasteiger partial charge on any atom is -0.494 e. The molecule has 124 valence electrons. The Bertz CT molecular complexity index is 470. The van der Waals surface area contributed by atoms with Crippen LogP contribution in [0.3, 0.4) is 0 Å². The second-order valence-corrected chi connectivity index (χ2v) is 5.69. The summed E-state index contributed by atoms with van der Waals surface area (Å²) in [6.07, 6.45) is 3.39. The molecule has 2 unspecified atom stereocenters. The molecule has 0 heterocycles. The molecule has 2 atom stereocenters. The zero-order valence-corrected chi connectivity index (χ0v) is 13.7. The Hall–Kier alpha value is -1.33. The van der Waals surface area contributed by atoms with Gasteiger partial charge < -0.3 is 15.4 Å². The molecule has 0 bridgehead atoms. The highest BCUT2D eigenvalue weighted by molar-refractivity contribution is 5.85. The molecule has 2 N–H and O–H groups in total. The van der Waals surface area contributed by atoms with Gasteiger partial charge in [0.05, 0.1) is 6.61 Å². The lowest BCUT2D eigenvalue weighted by Crippen LogP contribution is -2.33. The minimum absolute atomic E-state index is 0. The van der Waals surface area contributed by atoms with Crippen molar-refractivity contribution in [3.63, 3.8) is 0 Å². The van der Waals surface area contributed by atoms with Crippen molar-refractivity contribution in [3.05, 3.63) is 30.1 Å². The van der Waals surface area contributed by atoms with Crippen molar-refractivity contribution in [2.24, 2.45) is 11.7 Å². The van der Waals surface area contributed by atoms with Crippen molar-refractivity contribution in [2.45, 2.75) is 31.7 Å². The Kier molecular flexibility index (Phi) is 7.62. The molecule has 1 aliphatic carbocycles. The number of carbonyl (C=O) groups excluding carboxylic acids is 1. The molecular weight excluding hydrogens is 307 g/mol. The third kappa shape index (κ3) is 5.46. The first-order valence-corrected chi connectivity index (χ1v) is 7.45. The summed E-state index contributed by atoms with van der Waals surface area (Å²) in [6, 6.07) is 6.12. The number of benzene rings is 1. The van der Waals surface area contributed by atoms with Crippen LogP contribution in [0.2, 0.25) is 0 Å². The minimum atomic E-state index is -0.276. The standard InChI is InChI=1S/C16H23FN2O2.ClH/c1-19(16(20)12-3-6-14(18)11-12)9-2-10-21-15-7-4-13(17)5-8-15;/h4-5,7-8,12,14H,2-3,6,9-11,18H2,1H3;1H. The zero-order valence-electron chi connectivity index (χ0n) is 12.8. The van der Waals surface area contributed by atoms with E-state index in [-0.39, 0.29) is 36.1 Å². The summed E-state index contributed by atoms with van der Waals surface area (Å²) < 4.78 is 18.2. The van der Waals surface area contributed by atoms with Gasteiger partial charge in [-0.2, -0.15) is 0 Å².